The van der Waals surface area contributed by atoms with Crippen molar-refractivity contribution in [1.29, 1.82) is 0 Å². The van der Waals surface area contributed by atoms with Crippen molar-refractivity contribution in [3.05, 3.63) is 34.5 Å². The summed E-state index contributed by atoms with van der Waals surface area (Å²) in [6, 6.07) is 4.57. The minimum Gasteiger partial charge on any atom is -0.303 e. The van der Waals surface area contributed by atoms with Crippen LogP contribution >= 0.6 is 11.3 Å². The topological polar surface area (TPSA) is 51.0 Å². The maximum Gasteiger partial charge on any atom is 0.271 e. The summed E-state index contributed by atoms with van der Waals surface area (Å²) in [5, 5.41) is 0.983. The lowest BCUT2D eigenvalue weighted by atomic mass is 10.0. The van der Waals surface area contributed by atoms with Crippen molar-refractivity contribution in [2.24, 2.45) is 0 Å². The van der Waals surface area contributed by atoms with Gasteiger partial charge < -0.3 is 4.90 Å². The van der Waals surface area contributed by atoms with Crippen LogP contribution in [-0.2, 0) is 6.54 Å². The third-order valence-corrected chi connectivity index (χ3v) is 6.15. The normalized spacial score (nSPS) is 19.3. The Labute approximate surface area is 145 Å². The van der Waals surface area contributed by atoms with E-state index in [0.29, 0.717) is 6.04 Å². The lowest BCUT2D eigenvalue weighted by Gasteiger charge is -2.32. The highest BCUT2D eigenvalue weighted by atomic mass is 32.1. The van der Waals surface area contributed by atoms with Gasteiger partial charge in [0.05, 0.1) is 11.8 Å². The van der Waals surface area contributed by atoms with Crippen molar-refractivity contribution in [3.63, 3.8) is 0 Å². The zero-order chi connectivity index (χ0) is 16.7. The minimum atomic E-state index is 0.0686. The highest BCUT2D eigenvalue weighted by Gasteiger charge is 2.19. The Kier molecular flexibility index (Phi) is 4.10. The van der Waals surface area contributed by atoms with Crippen LogP contribution in [-0.4, -0.2) is 39.1 Å². The summed E-state index contributed by atoms with van der Waals surface area (Å²) in [6.45, 7) is 3.87. The number of hydrogen-bond acceptors (Lipinski definition) is 5. The Morgan fingerprint density at radius 2 is 2.21 bits per heavy atom. The number of rotatable bonds is 3. The molecule has 1 atom stereocenters. The summed E-state index contributed by atoms with van der Waals surface area (Å²) in [4.78, 5) is 25.3. The monoisotopic (exact) mass is 342 g/mol. The molecule has 24 heavy (non-hydrogen) atoms. The first kappa shape index (κ1) is 15.7. The molecule has 0 spiro atoms. The zero-order valence-corrected chi connectivity index (χ0v) is 15.0. The van der Waals surface area contributed by atoms with Gasteiger partial charge in [-0.1, -0.05) is 6.42 Å². The number of fused-ring (bicyclic) bond motifs is 3. The summed E-state index contributed by atoms with van der Waals surface area (Å²) < 4.78 is 2.50. The molecule has 1 aliphatic heterocycles. The summed E-state index contributed by atoms with van der Waals surface area (Å²) >= 11 is 1.46. The molecular weight excluding hydrogens is 320 g/mol. The van der Waals surface area contributed by atoms with Gasteiger partial charge in [0.25, 0.3) is 5.56 Å². The molecule has 4 rings (SSSR count). The third kappa shape index (κ3) is 2.74. The summed E-state index contributed by atoms with van der Waals surface area (Å²) in [7, 11) is 2.19. The second kappa shape index (κ2) is 6.26. The molecule has 0 N–H and O–H groups in total. The number of piperidine rings is 1. The molecule has 6 heteroatoms. The molecule has 126 valence electrons. The SMILES string of the molecule is Cc1ccc2c(n1)sc1c(=O)n(CCC3CCCCN3C)cnc12. The number of nitrogens with zero attached hydrogens (tertiary/aromatic N) is 4. The number of thiophene rings is 1. The van der Waals surface area contributed by atoms with Crippen LogP contribution in [0.15, 0.2) is 23.3 Å². The van der Waals surface area contributed by atoms with E-state index in [-0.39, 0.29) is 5.56 Å². The van der Waals surface area contributed by atoms with E-state index in [1.54, 1.807) is 10.9 Å². The van der Waals surface area contributed by atoms with Gasteiger partial charge in [0.2, 0.25) is 0 Å². The third-order valence-electron chi connectivity index (χ3n) is 5.07. The largest absolute Gasteiger partial charge is 0.303 e. The fraction of sp³-hybridized carbons (Fsp3) is 0.500. The number of likely N-dealkylation sites (tertiary alicyclic amines) is 1. The van der Waals surface area contributed by atoms with Crippen LogP contribution in [0.4, 0.5) is 0 Å². The predicted molar refractivity (Wildman–Crippen MR) is 98.8 cm³/mol. The van der Waals surface area contributed by atoms with Crippen molar-refractivity contribution >= 4 is 31.8 Å². The van der Waals surface area contributed by atoms with Gasteiger partial charge in [0.15, 0.2) is 0 Å². The molecule has 1 aliphatic rings. The molecular formula is C18H22N4OS. The molecule has 5 nitrogen and oxygen atoms in total. The molecule has 0 radical (unpaired) electrons. The van der Waals surface area contributed by atoms with E-state index in [4.69, 9.17) is 0 Å². The van der Waals surface area contributed by atoms with Gasteiger partial charge >= 0.3 is 0 Å². The van der Waals surface area contributed by atoms with Crippen LogP contribution in [0.3, 0.4) is 0 Å². The number of hydrogen-bond donors (Lipinski definition) is 0. The summed E-state index contributed by atoms with van der Waals surface area (Å²) in [6.07, 6.45) is 6.52. The number of aromatic nitrogens is 3. The van der Waals surface area contributed by atoms with Gasteiger partial charge in [-0.2, -0.15) is 0 Å². The highest BCUT2D eigenvalue weighted by molar-refractivity contribution is 7.25. The average Bonchev–Trinajstić information content (AvgIpc) is 2.94. The van der Waals surface area contributed by atoms with Crippen LogP contribution < -0.4 is 5.56 Å². The van der Waals surface area contributed by atoms with E-state index in [1.807, 2.05) is 19.1 Å². The van der Waals surface area contributed by atoms with E-state index in [9.17, 15) is 4.79 Å². The summed E-state index contributed by atoms with van der Waals surface area (Å²) in [5.41, 5.74) is 1.83. The van der Waals surface area contributed by atoms with Gasteiger partial charge in [-0.15, -0.1) is 11.3 Å². The fourth-order valence-corrected chi connectivity index (χ4v) is 4.72. The van der Waals surface area contributed by atoms with Crippen LogP contribution in [0.5, 0.6) is 0 Å². The minimum absolute atomic E-state index is 0.0686. The molecule has 1 fully saturated rings. The van der Waals surface area contributed by atoms with Gasteiger partial charge in [0, 0.05) is 23.7 Å². The second-order valence-corrected chi connectivity index (χ2v) is 7.75. The maximum absolute atomic E-state index is 12.8. The van der Waals surface area contributed by atoms with Crippen molar-refractivity contribution in [1.82, 2.24) is 19.4 Å². The molecule has 0 amide bonds. The molecule has 0 aromatic carbocycles. The average molecular weight is 342 g/mol. The molecule has 3 aromatic heterocycles. The van der Waals surface area contributed by atoms with E-state index in [0.717, 1.165) is 45.6 Å². The van der Waals surface area contributed by atoms with Gasteiger partial charge in [0.1, 0.15) is 9.53 Å². The predicted octanol–water partition coefficient (Wildman–Crippen LogP) is 3.19. The van der Waals surface area contributed by atoms with E-state index in [1.165, 1.54) is 30.6 Å². The quantitative estimate of drug-likeness (QED) is 0.733. The molecule has 3 aromatic rings. The second-order valence-electron chi connectivity index (χ2n) is 6.75. The maximum atomic E-state index is 12.8. The first-order valence-corrected chi connectivity index (χ1v) is 9.40. The lowest BCUT2D eigenvalue weighted by molar-refractivity contribution is 0.170. The van der Waals surface area contributed by atoms with Crippen molar-refractivity contribution in [2.75, 3.05) is 13.6 Å². The Hall–Kier alpha value is -1.79. The first-order valence-electron chi connectivity index (χ1n) is 8.59. The Balaban J connectivity index is 1.65. The van der Waals surface area contributed by atoms with Gasteiger partial charge in [-0.25, -0.2) is 9.97 Å². The molecule has 0 saturated carbocycles. The first-order chi connectivity index (χ1) is 11.6. The van der Waals surface area contributed by atoms with Crippen molar-refractivity contribution in [2.45, 2.75) is 45.2 Å². The van der Waals surface area contributed by atoms with Crippen LogP contribution in [0.1, 0.15) is 31.4 Å². The smallest absolute Gasteiger partial charge is 0.271 e. The fourth-order valence-electron chi connectivity index (χ4n) is 3.60. The Bertz CT molecular complexity index is 945. The summed E-state index contributed by atoms with van der Waals surface area (Å²) in [5.74, 6) is 0. The van der Waals surface area contributed by atoms with Crippen molar-refractivity contribution < 1.29 is 0 Å². The van der Waals surface area contributed by atoms with Gasteiger partial charge in [-0.05, 0) is 51.9 Å². The van der Waals surface area contributed by atoms with Crippen LogP contribution in [0, 0.1) is 6.92 Å². The Morgan fingerprint density at radius 3 is 3.04 bits per heavy atom. The van der Waals surface area contributed by atoms with E-state index in [2.05, 4.69) is 21.9 Å². The van der Waals surface area contributed by atoms with Crippen LogP contribution in [0.2, 0.25) is 0 Å². The highest BCUT2D eigenvalue weighted by Crippen LogP contribution is 2.28. The van der Waals surface area contributed by atoms with E-state index >= 15 is 0 Å². The number of aryl methyl sites for hydroxylation is 2. The van der Waals surface area contributed by atoms with Crippen LogP contribution in [0.25, 0.3) is 20.4 Å². The lowest BCUT2D eigenvalue weighted by Crippen LogP contribution is -2.37. The Morgan fingerprint density at radius 1 is 1.33 bits per heavy atom. The van der Waals surface area contributed by atoms with Crippen molar-refractivity contribution in [3.8, 4) is 0 Å². The van der Waals surface area contributed by atoms with E-state index < -0.39 is 0 Å². The van der Waals surface area contributed by atoms with Gasteiger partial charge in [-0.3, -0.25) is 9.36 Å². The molecule has 4 heterocycles. The molecule has 0 bridgehead atoms. The molecule has 1 saturated heterocycles. The molecule has 1 unspecified atom stereocenters. The molecule has 0 aliphatic carbocycles. The number of pyridine rings is 1. The standard InChI is InChI=1S/C18H22N4OS/c1-12-6-7-14-15-16(24-17(14)20-12)18(23)22(11-19-15)10-8-13-5-3-4-9-21(13)2/h6-7,11,13H,3-5,8-10H2,1-2H3. The zero-order valence-electron chi connectivity index (χ0n) is 14.2.